The number of thioether (sulfide) groups is 1. The standard InChI is InChI=1S/C8H14O2S/c1-3-10-8(7-11-5-1)2-4-9-6-8/h1-7H2. The molecule has 1 atom stereocenters. The predicted molar refractivity (Wildman–Crippen MR) is 46.1 cm³/mol. The SMILES string of the molecule is C1COC2(CCOC2)CSC1. The molecule has 0 saturated carbocycles. The molecular formula is C8H14O2S. The van der Waals surface area contributed by atoms with E-state index in [9.17, 15) is 0 Å². The molecular weight excluding hydrogens is 160 g/mol. The van der Waals surface area contributed by atoms with Gasteiger partial charge in [0.05, 0.1) is 6.61 Å². The van der Waals surface area contributed by atoms with Crippen molar-refractivity contribution in [2.75, 3.05) is 31.3 Å². The van der Waals surface area contributed by atoms with E-state index in [2.05, 4.69) is 0 Å². The zero-order valence-corrected chi connectivity index (χ0v) is 7.49. The van der Waals surface area contributed by atoms with Crippen molar-refractivity contribution in [2.45, 2.75) is 18.4 Å². The van der Waals surface area contributed by atoms with Crippen molar-refractivity contribution in [1.29, 1.82) is 0 Å². The molecule has 0 bridgehead atoms. The Morgan fingerprint density at radius 3 is 3.09 bits per heavy atom. The van der Waals surface area contributed by atoms with Crippen molar-refractivity contribution in [3.05, 3.63) is 0 Å². The fourth-order valence-electron chi connectivity index (χ4n) is 1.57. The van der Waals surface area contributed by atoms with Crippen molar-refractivity contribution in [3.63, 3.8) is 0 Å². The molecule has 0 aromatic carbocycles. The normalized spacial score (nSPS) is 39.3. The minimum Gasteiger partial charge on any atom is -0.378 e. The summed E-state index contributed by atoms with van der Waals surface area (Å²) in [6.45, 7) is 2.64. The summed E-state index contributed by atoms with van der Waals surface area (Å²) >= 11 is 2.01. The summed E-state index contributed by atoms with van der Waals surface area (Å²) in [6, 6.07) is 0. The van der Waals surface area contributed by atoms with Gasteiger partial charge in [0.25, 0.3) is 0 Å². The van der Waals surface area contributed by atoms with Gasteiger partial charge in [-0.3, -0.25) is 0 Å². The van der Waals surface area contributed by atoms with E-state index < -0.39 is 0 Å². The third-order valence-electron chi connectivity index (χ3n) is 2.27. The lowest BCUT2D eigenvalue weighted by Gasteiger charge is -2.24. The molecule has 0 N–H and O–H groups in total. The Bertz CT molecular complexity index is 122. The van der Waals surface area contributed by atoms with E-state index >= 15 is 0 Å². The Balaban J connectivity index is 1.97. The minimum atomic E-state index is 0.0984. The van der Waals surface area contributed by atoms with Gasteiger partial charge in [0, 0.05) is 25.4 Å². The fraction of sp³-hybridized carbons (Fsp3) is 1.00. The average Bonchev–Trinajstić information content (AvgIpc) is 2.32. The number of ether oxygens (including phenoxy) is 2. The van der Waals surface area contributed by atoms with Gasteiger partial charge in [0.1, 0.15) is 5.60 Å². The summed E-state index contributed by atoms with van der Waals surface area (Å²) in [5.74, 6) is 2.38. The van der Waals surface area contributed by atoms with Gasteiger partial charge >= 0.3 is 0 Å². The minimum absolute atomic E-state index is 0.0984. The van der Waals surface area contributed by atoms with Crippen LogP contribution in [0.5, 0.6) is 0 Å². The van der Waals surface area contributed by atoms with Crippen molar-refractivity contribution in [3.8, 4) is 0 Å². The molecule has 0 aromatic rings. The van der Waals surface area contributed by atoms with E-state index in [0.717, 1.165) is 32.0 Å². The maximum Gasteiger partial charge on any atom is 0.103 e. The van der Waals surface area contributed by atoms with E-state index in [0.29, 0.717) is 0 Å². The van der Waals surface area contributed by atoms with E-state index in [1.165, 1.54) is 12.2 Å². The van der Waals surface area contributed by atoms with Gasteiger partial charge in [-0.25, -0.2) is 0 Å². The fourth-order valence-corrected chi connectivity index (χ4v) is 2.72. The van der Waals surface area contributed by atoms with E-state index in [4.69, 9.17) is 9.47 Å². The van der Waals surface area contributed by atoms with Crippen molar-refractivity contribution < 1.29 is 9.47 Å². The van der Waals surface area contributed by atoms with Crippen LogP contribution in [0.25, 0.3) is 0 Å². The highest BCUT2D eigenvalue weighted by molar-refractivity contribution is 7.99. The Labute approximate surface area is 71.6 Å². The Kier molecular flexibility index (Phi) is 2.39. The highest BCUT2D eigenvalue weighted by Gasteiger charge is 2.36. The zero-order valence-electron chi connectivity index (χ0n) is 6.67. The lowest BCUT2D eigenvalue weighted by molar-refractivity contribution is -0.0290. The third kappa shape index (κ3) is 1.71. The molecule has 2 saturated heterocycles. The molecule has 2 aliphatic heterocycles. The topological polar surface area (TPSA) is 18.5 Å². The molecule has 2 nitrogen and oxygen atoms in total. The van der Waals surface area contributed by atoms with E-state index in [-0.39, 0.29) is 5.60 Å². The molecule has 1 unspecified atom stereocenters. The largest absolute Gasteiger partial charge is 0.378 e. The summed E-state index contributed by atoms with van der Waals surface area (Å²) in [4.78, 5) is 0. The molecule has 0 aliphatic carbocycles. The molecule has 0 radical (unpaired) electrons. The average molecular weight is 174 g/mol. The lowest BCUT2D eigenvalue weighted by atomic mass is 10.1. The molecule has 11 heavy (non-hydrogen) atoms. The molecule has 64 valence electrons. The van der Waals surface area contributed by atoms with E-state index in [1.54, 1.807) is 0 Å². The molecule has 0 amide bonds. The molecule has 0 aromatic heterocycles. The van der Waals surface area contributed by atoms with Crippen LogP contribution in [0.1, 0.15) is 12.8 Å². The monoisotopic (exact) mass is 174 g/mol. The van der Waals surface area contributed by atoms with Crippen LogP contribution in [0, 0.1) is 0 Å². The first-order valence-electron chi connectivity index (χ1n) is 4.21. The molecule has 2 rings (SSSR count). The van der Waals surface area contributed by atoms with Gasteiger partial charge < -0.3 is 9.47 Å². The van der Waals surface area contributed by atoms with Gasteiger partial charge in [0.2, 0.25) is 0 Å². The van der Waals surface area contributed by atoms with Crippen LogP contribution in [0.2, 0.25) is 0 Å². The van der Waals surface area contributed by atoms with Crippen molar-refractivity contribution in [2.24, 2.45) is 0 Å². The Hall–Kier alpha value is 0.270. The first kappa shape index (κ1) is 7.90. The second-order valence-electron chi connectivity index (χ2n) is 3.24. The highest BCUT2D eigenvalue weighted by Crippen LogP contribution is 2.30. The van der Waals surface area contributed by atoms with Gasteiger partial charge in [-0.2, -0.15) is 11.8 Å². The van der Waals surface area contributed by atoms with Gasteiger partial charge in [-0.1, -0.05) is 0 Å². The van der Waals surface area contributed by atoms with Gasteiger partial charge in [-0.15, -0.1) is 0 Å². The number of hydrogen-bond acceptors (Lipinski definition) is 3. The van der Waals surface area contributed by atoms with Crippen LogP contribution < -0.4 is 0 Å². The Morgan fingerprint density at radius 1 is 1.27 bits per heavy atom. The quantitative estimate of drug-likeness (QED) is 0.551. The third-order valence-corrected chi connectivity index (χ3v) is 3.58. The maximum absolute atomic E-state index is 5.81. The molecule has 2 fully saturated rings. The van der Waals surface area contributed by atoms with Crippen LogP contribution in [0.15, 0.2) is 0 Å². The number of hydrogen-bond donors (Lipinski definition) is 0. The van der Waals surface area contributed by atoms with Gasteiger partial charge in [0.15, 0.2) is 0 Å². The van der Waals surface area contributed by atoms with Crippen molar-refractivity contribution >= 4 is 11.8 Å². The van der Waals surface area contributed by atoms with Crippen LogP contribution in [-0.2, 0) is 9.47 Å². The highest BCUT2D eigenvalue weighted by atomic mass is 32.2. The molecule has 1 spiro atoms. The first-order chi connectivity index (χ1) is 5.41. The smallest absolute Gasteiger partial charge is 0.103 e. The summed E-state index contributed by atoms with van der Waals surface area (Å²) < 4.78 is 11.2. The number of rotatable bonds is 0. The molecule has 2 aliphatic rings. The zero-order chi connectivity index (χ0) is 7.57. The molecule has 2 heterocycles. The van der Waals surface area contributed by atoms with Crippen LogP contribution >= 0.6 is 11.8 Å². The Morgan fingerprint density at radius 2 is 2.27 bits per heavy atom. The second-order valence-corrected chi connectivity index (χ2v) is 4.35. The van der Waals surface area contributed by atoms with Crippen molar-refractivity contribution in [1.82, 2.24) is 0 Å². The van der Waals surface area contributed by atoms with Gasteiger partial charge in [-0.05, 0) is 12.2 Å². The summed E-state index contributed by atoms with van der Waals surface area (Å²) in [6.07, 6.45) is 2.30. The van der Waals surface area contributed by atoms with Crippen LogP contribution in [0.4, 0.5) is 0 Å². The van der Waals surface area contributed by atoms with Crippen LogP contribution in [0.3, 0.4) is 0 Å². The first-order valence-corrected chi connectivity index (χ1v) is 5.36. The second kappa shape index (κ2) is 3.33. The maximum atomic E-state index is 5.81. The van der Waals surface area contributed by atoms with Crippen LogP contribution in [-0.4, -0.2) is 36.9 Å². The predicted octanol–water partition coefficient (Wildman–Crippen LogP) is 1.30. The summed E-state index contributed by atoms with van der Waals surface area (Å²) in [7, 11) is 0. The van der Waals surface area contributed by atoms with E-state index in [1.807, 2.05) is 11.8 Å². The molecule has 3 heteroatoms. The lowest BCUT2D eigenvalue weighted by Crippen LogP contribution is -2.35. The summed E-state index contributed by atoms with van der Waals surface area (Å²) in [5.41, 5.74) is 0.0984. The summed E-state index contributed by atoms with van der Waals surface area (Å²) in [5, 5.41) is 0.